The number of phosphoric ester groups is 2. The minimum absolute atomic E-state index is 0.0298. The molecule has 0 radical (unpaired) electrons. The molecular weight excluding hydrogens is 920 g/mol. The lowest BCUT2D eigenvalue weighted by atomic mass is 10.1. The summed E-state index contributed by atoms with van der Waals surface area (Å²) < 4.78 is 56.7. The average molecular weight is 1000 g/mol. The molecule has 2 heterocycles. The van der Waals surface area contributed by atoms with E-state index in [0.29, 0.717) is 12.8 Å². The second-order valence-corrected chi connectivity index (χ2v) is 20.0. The maximum atomic E-state index is 12.8. The van der Waals surface area contributed by atoms with E-state index < -0.39 is 83.7 Å². The van der Waals surface area contributed by atoms with Crippen molar-refractivity contribution >= 4 is 33.4 Å². The van der Waals surface area contributed by atoms with Crippen molar-refractivity contribution in [2.24, 2.45) is 0 Å². The number of carbonyl (C=O) groups is 2. The lowest BCUT2D eigenvalue weighted by molar-refractivity contribution is -0.161. The first-order valence-electron chi connectivity index (χ1n) is 24.6. The highest BCUT2D eigenvalue weighted by Crippen LogP contribution is 2.60. The zero-order chi connectivity index (χ0) is 49.9. The normalized spacial score (nSPS) is 19.9. The highest BCUT2D eigenvalue weighted by Gasteiger charge is 2.46. The fraction of sp³-hybridized carbons (Fsp3) is 0.708. The van der Waals surface area contributed by atoms with Crippen molar-refractivity contribution in [1.82, 2.24) is 9.55 Å². The van der Waals surface area contributed by atoms with Crippen LogP contribution in [0.15, 0.2) is 65.7 Å². The van der Waals surface area contributed by atoms with Crippen molar-refractivity contribution < 1.29 is 66.3 Å². The van der Waals surface area contributed by atoms with E-state index in [1.807, 2.05) is 0 Å². The number of nitrogens with zero attached hydrogens (tertiary/aromatic N) is 2. The predicted molar refractivity (Wildman–Crippen MR) is 261 cm³/mol. The maximum absolute atomic E-state index is 12.8. The van der Waals surface area contributed by atoms with Gasteiger partial charge in [0, 0.05) is 19.0 Å². The number of nitrogens with two attached hydrogens (primary N) is 1. The Labute approximate surface area is 403 Å². The summed E-state index contributed by atoms with van der Waals surface area (Å²) in [4.78, 5) is 61.8. The van der Waals surface area contributed by atoms with E-state index in [-0.39, 0.29) is 18.7 Å². The molecule has 0 aromatic carbocycles. The zero-order valence-electron chi connectivity index (χ0n) is 40.4. The van der Waals surface area contributed by atoms with Gasteiger partial charge in [-0.05, 0) is 83.1 Å². The Bertz CT molecular complexity index is 1820. The molecule has 1 aliphatic heterocycles. The van der Waals surface area contributed by atoms with Crippen LogP contribution in [0, 0.1) is 0 Å². The predicted octanol–water partition coefficient (Wildman–Crippen LogP) is 9.78. The van der Waals surface area contributed by atoms with Gasteiger partial charge in [-0.1, -0.05) is 127 Å². The number of phosphoric acid groups is 2. The first kappa shape index (κ1) is 60.8. The minimum atomic E-state index is -5.43. The molecule has 1 saturated heterocycles. The highest BCUT2D eigenvalue weighted by atomic mass is 31.3. The van der Waals surface area contributed by atoms with Gasteiger partial charge in [-0.3, -0.25) is 23.2 Å². The third kappa shape index (κ3) is 29.0. The number of esters is 2. The molecule has 18 nitrogen and oxygen atoms in total. The number of rotatable bonds is 40. The highest BCUT2D eigenvalue weighted by molar-refractivity contribution is 7.61. The fourth-order valence-electron chi connectivity index (χ4n) is 7.02. The molecule has 0 aliphatic carbocycles. The summed E-state index contributed by atoms with van der Waals surface area (Å²) in [5.41, 5.74) is 4.58. The first-order valence-corrected chi connectivity index (χ1v) is 27.6. The molecule has 1 aliphatic rings. The van der Waals surface area contributed by atoms with E-state index in [1.54, 1.807) is 0 Å². The molecule has 68 heavy (non-hydrogen) atoms. The van der Waals surface area contributed by atoms with Gasteiger partial charge in [0.25, 0.3) is 0 Å². The van der Waals surface area contributed by atoms with Gasteiger partial charge in [0.15, 0.2) is 12.3 Å². The van der Waals surface area contributed by atoms with Gasteiger partial charge in [-0.2, -0.15) is 9.29 Å². The van der Waals surface area contributed by atoms with Crippen LogP contribution in [0.4, 0.5) is 5.82 Å². The molecule has 0 bridgehead atoms. The van der Waals surface area contributed by atoms with Crippen molar-refractivity contribution in [1.29, 1.82) is 0 Å². The Kier molecular flexibility index (Phi) is 32.8. The first-order chi connectivity index (χ1) is 32.7. The van der Waals surface area contributed by atoms with E-state index in [1.165, 1.54) is 44.6 Å². The van der Waals surface area contributed by atoms with Crippen molar-refractivity contribution in [3.05, 3.63) is 71.4 Å². The van der Waals surface area contributed by atoms with Crippen LogP contribution in [0.2, 0.25) is 0 Å². The molecule has 1 fully saturated rings. The maximum Gasteiger partial charge on any atom is 0.481 e. The summed E-state index contributed by atoms with van der Waals surface area (Å²) >= 11 is 0. The molecule has 0 amide bonds. The lowest BCUT2D eigenvalue weighted by Crippen LogP contribution is -2.36. The lowest BCUT2D eigenvalue weighted by Gasteiger charge is -2.21. The number of allylic oxidation sites excluding steroid dienone is 8. The van der Waals surface area contributed by atoms with Crippen LogP contribution in [-0.2, 0) is 46.3 Å². The molecule has 3 unspecified atom stereocenters. The number of nitrogen functional groups attached to an aromatic ring is 1. The summed E-state index contributed by atoms with van der Waals surface area (Å²) in [6.45, 7) is 2.07. The molecule has 20 heteroatoms. The van der Waals surface area contributed by atoms with E-state index >= 15 is 0 Å². The largest absolute Gasteiger partial charge is 0.481 e. The molecule has 1 aromatic rings. The molecule has 388 valence electrons. The van der Waals surface area contributed by atoms with Crippen molar-refractivity contribution in [2.75, 3.05) is 25.6 Å². The number of unbranched alkanes of at least 4 members (excludes halogenated alkanes) is 16. The Morgan fingerprint density at radius 3 is 1.72 bits per heavy atom. The third-order valence-corrected chi connectivity index (χ3v) is 13.5. The Morgan fingerprint density at radius 2 is 1.19 bits per heavy atom. The summed E-state index contributed by atoms with van der Waals surface area (Å²) in [5.74, 6) is -1.33. The van der Waals surface area contributed by atoms with Crippen LogP contribution in [0.1, 0.15) is 174 Å². The number of hydrogen-bond donors (Lipinski definition) is 5. The summed E-state index contributed by atoms with van der Waals surface area (Å²) in [7, 11) is -10.9. The SMILES string of the molecule is CCCCC/C=C\C/C=C\CCCCCCCC(=O)OC[C@H](COP(=O)(O)OP(=O)(O)OC[C@H]1O[C@@H](n2ccc(N)nc2=O)C(O)[C@H]1O)OC(=O)CCCCCCC/C=C\C/C=C\CCCCC. The van der Waals surface area contributed by atoms with Crippen LogP contribution in [0.3, 0.4) is 0 Å². The quantitative estimate of drug-likeness (QED) is 0.0177. The number of carbonyl (C=O) groups excluding carboxylic acids is 2. The smallest absolute Gasteiger partial charge is 0.462 e. The zero-order valence-corrected chi connectivity index (χ0v) is 42.2. The van der Waals surface area contributed by atoms with Crippen LogP contribution in [-0.4, -0.2) is 85.7 Å². The van der Waals surface area contributed by atoms with Crippen molar-refractivity contribution in [2.45, 2.75) is 199 Å². The van der Waals surface area contributed by atoms with Gasteiger partial charge in [0.1, 0.15) is 30.7 Å². The molecule has 1 aromatic heterocycles. The van der Waals surface area contributed by atoms with Gasteiger partial charge >= 0.3 is 33.3 Å². The molecule has 2 rings (SSSR count). The van der Waals surface area contributed by atoms with Crippen molar-refractivity contribution in [3.63, 3.8) is 0 Å². The fourth-order valence-corrected chi connectivity index (χ4v) is 9.13. The van der Waals surface area contributed by atoms with Crippen LogP contribution in [0.5, 0.6) is 0 Å². The van der Waals surface area contributed by atoms with Crippen molar-refractivity contribution in [3.8, 4) is 0 Å². The molecular formula is C48H81N3O15P2. The van der Waals surface area contributed by atoms with Crippen LogP contribution < -0.4 is 11.4 Å². The number of ether oxygens (including phenoxy) is 3. The number of anilines is 1. The van der Waals surface area contributed by atoms with E-state index in [4.69, 9.17) is 29.0 Å². The summed E-state index contributed by atoms with van der Waals surface area (Å²) in [6, 6.07) is 1.25. The third-order valence-electron chi connectivity index (χ3n) is 10.9. The Balaban J connectivity index is 1.83. The molecule has 0 spiro atoms. The average Bonchev–Trinajstić information content (AvgIpc) is 3.57. The number of aliphatic hydroxyl groups excluding tert-OH is 2. The van der Waals surface area contributed by atoms with Gasteiger partial charge in [-0.15, -0.1) is 0 Å². The summed E-state index contributed by atoms with van der Waals surface area (Å²) in [5, 5.41) is 20.9. The second-order valence-electron chi connectivity index (χ2n) is 17.0. The summed E-state index contributed by atoms with van der Waals surface area (Å²) in [6.07, 6.45) is 33.3. The Hall–Kier alpha value is -3.28. The van der Waals surface area contributed by atoms with E-state index in [2.05, 4.69) is 71.8 Å². The van der Waals surface area contributed by atoms with Crippen LogP contribution >= 0.6 is 15.6 Å². The second kappa shape index (κ2) is 36.6. The molecule has 7 atom stereocenters. The van der Waals surface area contributed by atoms with Gasteiger partial charge in [-0.25, -0.2) is 13.9 Å². The number of hydrogen-bond acceptors (Lipinski definition) is 15. The molecule has 0 saturated carbocycles. The minimum Gasteiger partial charge on any atom is -0.462 e. The van der Waals surface area contributed by atoms with Gasteiger partial charge in [0.2, 0.25) is 0 Å². The topological polar surface area (TPSA) is 265 Å². The van der Waals surface area contributed by atoms with Crippen LogP contribution in [0.25, 0.3) is 0 Å². The Morgan fingerprint density at radius 1 is 0.706 bits per heavy atom. The number of aromatic nitrogens is 2. The monoisotopic (exact) mass is 1000 g/mol. The van der Waals surface area contributed by atoms with Gasteiger partial charge < -0.3 is 39.9 Å². The molecule has 6 N–H and O–H groups in total. The van der Waals surface area contributed by atoms with E-state index in [9.17, 15) is 43.5 Å². The standard InChI is InChI=1S/C48H81N3O15P2/c1-3-5-7-9-11-13-15-17-19-21-23-25-27-29-31-33-43(52)61-37-40(64-44(53)34-32-30-28-26-24-22-20-18-16-14-12-10-8-6-4-2)38-62-67(57,58)66-68(59,60)63-39-41-45(54)46(55)47(65-41)51-36-35-42(49)50-48(51)56/h11-14,17-20,35-36,40-41,45-47,54-55H,3-10,15-16,21-34,37-39H2,1-2H3,(H,57,58)(H,59,60)(H2,49,50,56)/b13-11-,14-12-,19-17-,20-18-/t40-,41-,45+,46?,47-/m1/s1. The number of aliphatic hydroxyl groups is 2. The van der Waals surface area contributed by atoms with Gasteiger partial charge in [0.05, 0.1) is 13.2 Å². The van der Waals surface area contributed by atoms with E-state index in [0.717, 1.165) is 101 Å².